The minimum Gasteiger partial charge on any atom is -0.478 e. The summed E-state index contributed by atoms with van der Waals surface area (Å²) in [5, 5.41) is 9.05. The van der Waals surface area contributed by atoms with Gasteiger partial charge in [-0.25, -0.2) is 14.8 Å². The van der Waals surface area contributed by atoms with Crippen LogP contribution in [0.2, 0.25) is 0 Å². The molecule has 1 heterocycles. The van der Waals surface area contributed by atoms with Crippen LogP contribution < -0.4 is 4.74 Å². The van der Waals surface area contributed by atoms with Crippen LogP contribution in [0.1, 0.15) is 10.4 Å². The van der Waals surface area contributed by atoms with Crippen molar-refractivity contribution in [1.82, 2.24) is 9.97 Å². The van der Waals surface area contributed by atoms with Gasteiger partial charge in [0.05, 0.1) is 0 Å². The van der Waals surface area contributed by atoms with Crippen molar-refractivity contribution in [1.29, 1.82) is 0 Å². The molecule has 0 radical (unpaired) electrons. The van der Waals surface area contributed by atoms with Crippen LogP contribution in [0.25, 0.3) is 0 Å². The summed E-state index contributed by atoms with van der Waals surface area (Å²) in [6.45, 7) is 0. The maximum atomic E-state index is 11.0. The summed E-state index contributed by atoms with van der Waals surface area (Å²) < 4.78 is 6.22. The first kappa shape index (κ1) is 11.8. The van der Waals surface area contributed by atoms with Gasteiger partial charge in [0.2, 0.25) is 5.88 Å². The Bertz CT molecular complexity index is 546. The van der Waals surface area contributed by atoms with Crippen LogP contribution in [0.5, 0.6) is 11.6 Å². The monoisotopic (exact) mass is 342 g/mol. The molecule has 0 spiro atoms. The molecule has 1 N–H and O–H groups in total. The molecule has 2 rings (SSSR count). The molecule has 2 aromatic rings. The second-order valence-corrected chi connectivity index (χ2v) is 4.34. The number of carboxylic acid groups (broad SMARTS) is 1. The van der Waals surface area contributed by atoms with Crippen LogP contribution in [-0.4, -0.2) is 21.0 Å². The van der Waals surface area contributed by atoms with Gasteiger partial charge in [-0.3, -0.25) is 0 Å². The summed E-state index contributed by atoms with van der Waals surface area (Å²) in [5.41, 5.74) is 0.107. The highest BCUT2D eigenvalue weighted by Gasteiger charge is 2.12. The largest absolute Gasteiger partial charge is 0.478 e. The van der Waals surface area contributed by atoms with Crippen LogP contribution in [-0.2, 0) is 0 Å². The summed E-state index contributed by atoms with van der Waals surface area (Å²) >= 11 is 2.04. The zero-order valence-electron chi connectivity index (χ0n) is 8.50. The predicted octanol–water partition coefficient (Wildman–Crippen LogP) is 2.57. The van der Waals surface area contributed by atoms with E-state index in [2.05, 4.69) is 9.97 Å². The Hall–Kier alpha value is -1.70. The van der Waals surface area contributed by atoms with Crippen LogP contribution in [0, 0.1) is 3.57 Å². The molecule has 0 aliphatic heterocycles. The van der Waals surface area contributed by atoms with Crippen LogP contribution in [0.3, 0.4) is 0 Å². The fraction of sp³-hybridized carbons (Fsp3) is 0. The van der Waals surface area contributed by atoms with Gasteiger partial charge in [-0.15, -0.1) is 0 Å². The zero-order chi connectivity index (χ0) is 12.3. The van der Waals surface area contributed by atoms with Gasteiger partial charge in [0.25, 0.3) is 0 Å². The van der Waals surface area contributed by atoms with Gasteiger partial charge >= 0.3 is 5.97 Å². The lowest BCUT2D eigenvalue weighted by molar-refractivity contribution is 0.0694. The number of nitrogens with zero attached hydrogens (tertiary/aromatic N) is 2. The molecule has 5 nitrogen and oxygen atoms in total. The average Bonchev–Trinajstić information content (AvgIpc) is 2.32. The molecule has 0 saturated heterocycles. The van der Waals surface area contributed by atoms with E-state index in [0.29, 0.717) is 5.88 Å². The van der Waals surface area contributed by atoms with Gasteiger partial charge in [0.15, 0.2) is 0 Å². The molecule has 17 heavy (non-hydrogen) atoms. The zero-order valence-corrected chi connectivity index (χ0v) is 10.7. The second kappa shape index (κ2) is 5.09. The van der Waals surface area contributed by atoms with Crippen molar-refractivity contribution in [2.45, 2.75) is 0 Å². The Kier molecular flexibility index (Phi) is 3.52. The molecule has 0 aliphatic rings. The number of carbonyl (C=O) groups is 1. The van der Waals surface area contributed by atoms with Gasteiger partial charge in [-0.2, -0.15) is 0 Å². The Labute approximate surface area is 111 Å². The number of benzene rings is 1. The van der Waals surface area contributed by atoms with E-state index in [1.165, 1.54) is 12.5 Å². The number of aromatic nitrogens is 2. The summed E-state index contributed by atoms with van der Waals surface area (Å²) in [4.78, 5) is 18.7. The van der Waals surface area contributed by atoms with Crippen molar-refractivity contribution in [3.63, 3.8) is 0 Å². The molecule has 0 amide bonds. The summed E-state index contributed by atoms with van der Waals surface area (Å²) in [7, 11) is 0. The fourth-order valence-corrected chi connectivity index (χ4v) is 1.70. The molecule has 0 saturated carbocycles. The Morgan fingerprint density at radius 1 is 1.35 bits per heavy atom. The first-order valence-corrected chi connectivity index (χ1v) is 5.71. The van der Waals surface area contributed by atoms with Crippen LogP contribution in [0.15, 0.2) is 36.8 Å². The molecule has 0 bridgehead atoms. The number of ether oxygens (including phenoxy) is 1. The number of carboxylic acids is 1. The number of rotatable bonds is 3. The normalized spacial score (nSPS) is 9.94. The fourth-order valence-electron chi connectivity index (χ4n) is 1.21. The lowest BCUT2D eigenvalue weighted by Gasteiger charge is -2.07. The third-order valence-corrected chi connectivity index (χ3v) is 2.61. The first-order valence-electron chi connectivity index (χ1n) is 4.63. The van der Waals surface area contributed by atoms with Crippen molar-refractivity contribution in [2.75, 3.05) is 0 Å². The standard InChI is InChI=1S/C11H7IN2O3/c12-7-1-2-9(8(5-7)11(15)16)17-10-3-4-13-6-14-10/h1-6H,(H,15,16). The topological polar surface area (TPSA) is 72.3 Å². The minimum absolute atomic E-state index is 0.107. The molecular weight excluding hydrogens is 335 g/mol. The molecule has 0 atom stereocenters. The number of halogens is 1. The molecule has 0 aliphatic carbocycles. The van der Waals surface area contributed by atoms with Gasteiger partial charge in [0.1, 0.15) is 17.6 Å². The molecule has 1 aromatic carbocycles. The first-order chi connectivity index (χ1) is 8.16. The van der Waals surface area contributed by atoms with Gasteiger partial charge in [-0.1, -0.05) is 0 Å². The van der Waals surface area contributed by atoms with E-state index in [1.807, 2.05) is 22.6 Å². The predicted molar refractivity (Wildman–Crippen MR) is 68.2 cm³/mol. The van der Waals surface area contributed by atoms with E-state index >= 15 is 0 Å². The molecule has 86 valence electrons. The second-order valence-electron chi connectivity index (χ2n) is 3.10. The third kappa shape index (κ3) is 2.90. The van der Waals surface area contributed by atoms with E-state index in [4.69, 9.17) is 9.84 Å². The summed E-state index contributed by atoms with van der Waals surface area (Å²) in [6.07, 6.45) is 2.86. The lowest BCUT2D eigenvalue weighted by atomic mass is 10.2. The molecule has 1 aromatic heterocycles. The third-order valence-electron chi connectivity index (χ3n) is 1.94. The molecule has 0 unspecified atom stereocenters. The Morgan fingerprint density at radius 3 is 2.82 bits per heavy atom. The number of aromatic carboxylic acids is 1. The smallest absolute Gasteiger partial charge is 0.339 e. The van der Waals surface area contributed by atoms with E-state index in [0.717, 1.165) is 3.57 Å². The highest BCUT2D eigenvalue weighted by Crippen LogP contribution is 2.25. The van der Waals surface area contributed by atoms with Crippen molar-refractivity contribution >= 4 is 28.6 Å². The molecule has 6 heteroatoms. The van der Waals surface area contributed by atoms with Crippen LogP contribution in [0.4, 0.5) is 0 Å². The van der Waals surface area contributed by atoms with E-state index in [-0.39, 0.29) is 11.3 Å². The van der Waals surface area contributed by atoms with Crippen LogP contribution >= 0.6 is 22.6 Å². The quantitative estimate of drug-likeness (QED) is 0.868. The highest BCUT2D eigenvalue weighted by atomic mass is 127. The van der Waals surface area contributed by atoms with Crippen molar-refractivity contribution < 1.29 is 14.6 Å². The maximum Gasteiger partial charge on any atom is 0.339 e. The summed E-state index contributed by atoms with van der Waals surface area (Å²) in [5.74, 6) is -0.465. The SMILES string of the molecule is O=C(O)c1cc(I)ccc1Oc1ccncn1. The average molecular weight is 342 g/mol. The van der Waals surface area contributed by atoms with E-state index in [1.54, 1.807) is 24.3 Å². The maximum absolute atomic E-state index is 11.0. The van der Waals surface area contributed by atoms with Gasteiger partial charge in [0, 0.05) is 15.8 Å². The Balaban J connectivity index is 2.36. The summed E-state index contributed by atoms with van der Waals surface area (Å²) in [6, 6.07) is 6.47. The number of hydrogen-bond donors (Lipinski definition) is 1. The molecule has 0 fully saturated rings. The number of hydrogen-bond acceptors (Lipinski definition) is 4. The molecular formula is C11H7IN2O3. The highest BCUT2D eigenvalue weighted by molar-refractivity contribution is 14.1. The van der Waals surface area contributed by atoms with Crippen molar-refractivity contribution in [2.24, 2.45) is 0 Å². The van der Waals surface area contributed by atoms with E-state index < -0.39 is 5.97 Å². The lowest BCUT2D eigenvalue weighted by Crippen LogP contribution is -2.01. The Morgan fingerprint density at radius 2 is 2.18 bits per heavy atom. The van der Waals surface area contributed by atoms with Crippen molar-refractivity contribution in [3.05, 3.63) is 45.9 Å². The minimum atomic E-state index is -1.03. The van der Waals surface area contributed by atoms with Crippen molar-refractivity contribution in [3.8, 4) is 11.6 Å². The van der Waals surface area contributed by atoms with Gasteiger partial charge < -0.3 is 9.84 Å². The van der Waals surface area contributed by atoms with E-state index in [9.17, 15) is 4.79 Å². The van der Waals surface area contributed by atoms with Gasteiger partial charge in [-0.05, 0) is 40.8 Å².